The summed E-state index contributed by atoms with van der Waals surface area (Å²) in [6.45, 7) is 0.426. The van der Waals surface area contributed by atoms with Gasteiger partial charge in [0.1, 0.15) is 18.1 Å². The lowest BCUT2D eigenvalue weighted by atomic mass is 10.1. The highest BCUT2D eigenvalue weighted by molar-refractivity contribution is 5.60. The zero-order valence-electron chi connectivity index (χ0n) is 10.6. The van der Waals surface area contributed by atoms with Gasteiger partial charge in [-0.1, -0.05) is 30.3 Å². The highest BCUT2D eigenvalue weighted by Gasteiger charge is 2.15. The topological polar surface area (TPSA) is 27.7 Å². The fourth-order valence-corrected chi connectivity index (χ4v) is 2.00. The molecule has 2 aromatic rings. The van der Waals surface area contributed by atoms with Crippen molar-refractivity contribution in [3.63, 3.8) is 0 Å². The molecule has 0 fully saturated rings. The van der Waals surface area contributed by atoms with Crippen molar-refractivity contribution in [2.45, 2.75) is 0 Å². The minimum Gasteiger partial charge on any atom is -0.496 e. The third-order valence-electron chi connectivity index (χ3n) is 2.92. The molecule has 0 N–H and O–H groups in total. The Morgan fingerprint density at radius 2 is 1.74 bits per heavy atom. The van der Waals surface area contributed by atoms with Crippen LogP contribution in [0.1, 0.15) is 5.56 Å². The second-order valence-corrected chi connectivity index (χ2v) is 4.19. The number of para-hydroxylation sites is 3. The summed E-state index contributed by atoms with van der Waals surface area (Å²) in [7, 11) is 1.66. The number of fused-ring (bicyclic) bond motifs is 1. The third-order valence-corrected chi connectivity index (χ3v) is 2.92. The summed E-state index contributed by atoms with van der Waals surface area (Å²) in [5, 5.41) is 0. The average Bonchev–Trinajstić information content (AvgIpc) is 2.48. The van der Waals surface area contributed by atoms with Crippen molar-refractivity contribution in [3.05, 3.63) is 59.9 Å². The molecular weight excluding hydrogens is 240 g/mol. The lowest BCUT2D eigenvalue weighted by Gasteiger charge is -2.20. The van der Waals surface area contributed by atoms with E-state index in [9.17, 15) is 0 Å². The predicted octanol–water partition coefficient (Wildman–Crippen LogP) is 3.51. The van der Waals surface area contributed by atoms with Crippen LogP contribution >= 0.6 is 0 Å². The van der Waals surface area contributed by atoms with E-state index in [-0.39, 0.29) is 0 Å². The second kappa shape index (κ2) is 5.06. The number of hydrogen-bond acceptors (Lipinski definition) is 3. The van der Waals surface area contributed by atoms with Crippen molar-refractivity contribution >= 4 is 6.08 Å². The lowest BCUT2D eigenvalue weighted by Crippen LogP contribution is -2.13. The zero-order valence-corrected chi connectivity index (χ0v) is 10.6. The Kier molecular flexibility index (Phi) is 3.11. The number of methoxy groups -OCH3 is 1. The number of hydrogen-bond donors (Lipinski definition) is 0. The van der Waals surface area contributed by atoms with E-state index in [1.54, 1.807) is 7.11 Å². The summed E-state index contributed by atoms with van der Waals surface area (Å²) in [5.74, 6) is 3.11. The average molecular weight is 254 g/mol. The monoisotopic (exact) mass is 254 g/mol. The van der Waals surface area contributed by atoms with Gasteiger partial charge in [0, 0.05) is 5.56 Å². The smallest absolute Gasteiger partial charge is 0.169 e. The summed E-state index contributed by atoms with van der Waals surface area (Å²) in [6, 6.07) is 15.5. The van der Waals surface area contributed by atoms with Crippen LogP contribution in [0.2, 0.25) is 0 Å². The molecule has 3 nitrogen and oxygen atoms in total. The van der Waals surface area contributed by atoms with Crippen molar-refractivity contribution < 1.29 is 14.2 Å². The first-order chi connectivity index (χ1) is 9.36. The third kappa shape index (κ3) is 2.40. The van der Waals surface area contributed by atoms with Crippen LogP contribution in [0.3, 0.4) is 0 Å². The molecule has 2 aromatic carbocycles. The fraction of sp³-hybridized carbons (Fsp3) is 0.125. The molecule has 19 heavy (non-hydrogen) atoms. The van der Waals surface area contributed by atoms with Crippen LogP contribution < -0.4 is 14.2 Å². The number of rotatable bonds is 2. The molecule has 0 bridgehead atoms. The standard InChI is InChI=1S/C16H14O3/c1-17-14-7-3-2-6-12(14)10-13-11-18-15-8-4-5-9-16(15)19-13/h2-10H,11H2,1H3/b13-10-. The van der Waals surface area contributed by atoms with Gasteiger partial charge in [-0.05, 0) is 24.3 Å². The van der Waals surface area contributed by atoms with E-state index < -0.39 is 0 Å². The number of benzene rings is 2. The SMILES string of the molecule is COc1ccccc1/C=C1/COc2ccccc2O1. The van der Waals surface area contributed by atoms with E-state index in [0.29, 0.717) is 6.61 Å². The predicted molar refractivity (Wildman–Crippen MR) is 73.5 cm³/mol. The minimum atomic E-state index is 0.426. The fourth-order valence-electron chi connectivity index (χ4n) is 2.00. The Hall–Kier alpha value is -2.42. The molecule has 0 atom stereocenters. The molecule has 3 rings (SSSR count). The molecule has 0 aromatic heterocycles. The highest BCUT2D eigenvalue weighted by atomic mass is 16.6. The first kappa shape index (κ1) is 11.7. The molecule has 0 radical (unpaired) electrons. The molecular formula is C16H14O3. The van der Waals surface area contributed by atoms with Crippen LogP contribution in [0.25, 0.3) is 6.08 Å². The van der Waals surface area contributed by atoms with E-state index >= 15 is 0 Å². The molecule has 1 aliphatic rings. The maximum absolute atomic E-state index is 5.82. The first-order valence-electron chi connectivity index (χ1n) is 6.10. The minimum absolute atomic E-state index is 0.426. The zero-order chi connectivity index (χ0) is 13.1. The van der Waals surface area contributed by atoms with E-state index in [1.165, 1.54) is 0 Å². The van der Waals surface area contributed by atoms with E-state index in [2.05, 4.69) is 0 Å². The molecule has 0 amide bonds. The van der Waals surface area contributed by atoms with Gasteiger partial charge in [0.2, 0.25) is 0 Å². The second-order valence-electron chi connectivity index (χ2n) is 4.19. The molecule has 0 spiro atoms. The van der Waals surface area contributed by atoms with E-state index in [4.69, 9.17) is 14.2 Å². The van der Waals surface area contributed by atoms with Gasteiger partial charge < -0.3 is 14.2 Å². The van der Waals surface area contributed by atoms with Gasteiger partial charge in [0.15, 0.2) is 11.5 Å². The van der Waals surface area contributed by atoms with Crippen molar-refractivity contribution in [1.82, 2.24) is 0 Å². The van der Waals surface area contributed by atoms with Gasteiger partial charge in [0.25, 0.3) is 0 Å². The van der Waals surface area contributed by atoms with Crippen LogP contribution in [-0.2, 0) is 0 Å². The summed E-state index contributed by atoms with van der Waals surface area (Å²) in [6.07, 6.45) is 1.94. The number of ether oxygens (including phenoxy) is 3. The summed E-state index contributed by atoms with van der Waals surface area (Å²) in [4.78, 5) is 0. The Morgan fingerprint density at radius 3 is 2.58 bits per heavy atom. The highest BCUT2D eigenvalue weighted by Crippen LogP contribution is 2.33. The van der Waals surface area contributed by atoms with Crippen molar-refractivity contribution in [3.8, 4) is 17.2 Å². The molecule has 0 saturated carbocycles. The van der Waals surface area contributed by atoms with Gasteiger partial charge in [0.05, 0.1) is 7.11 Å². The van der Waals surface area contributed by atoms with Crippen molar-refractivity contribution in [2.75, 3.05) is 13.7 Å². The molecule has 96 valence electrons. The van der Waals surface area contributed by atoms with Gasteiger partial charge >= 0.3 is 0 Å². The van der Waals surface area contributed by atoms with E-state index in [1.807, 2.05) is 54.6 Å². The largest absolute Gasteiger partial charge is 0.496 e. The normalized spacial score (nSPS) is 15.3. The summed E-state index contributed by atoms with van der Waals surface area (Å²) in [5.41, 5.74) is 0.975. The Bertz CT molecular complexity index is 617. The molecule has 0 aliphatic carbocycles. The molecule has 3 heteroatoms. The molecule has 1 aliphatic heterocycles. The maximum Gasteiger partial charge on any atom is 0.169 e. The first-order valence-corrected chi connectivity index (χ1v) is 6.10. The van der Waals surface area contributed by atoms with Crippen LogP contribution in [-0.4, -0.2) is 13.7 Å². The van der Waals surface area contributed by atoms with Gasteiger partial charge in [-0.2, -0.15) is 0 Å². The van der Waals surface area contributed by atoms with Crippen LogP contribution in [0.4, 0.5) is 0 Å². The van der Waals surface area contributed by atoms with Crippen molar-refractivity contribution in [2.24, 2.45) is 0 Å². The van der Waals surface area contributed by atoms with Crippen molar-refractivity contribution in [1.29, 1.82) is 0 Å². The Labute approximate surface area is 112 Å². The van der Waals surface area contributed by atoms with Crippen LogP contribution in [0.15, 0.2) is 54.3 Å². The summed E-state index contributed by atoms with van der Waals surface area (Å²) < 4.78 is 16.8. The molecule has 0 unspecified atom stereocenters. The lowest BCUT2D eigenvalue weighted by molar-refractivity contribution is 0.235. The van der Waals surface area contributed by atoms with Gasteiger partial charge in [-0.25, -0.2) is 0 Å². The Balaban J connectivity index is 1.90. The van der Waals surface area contributed by atoms with Crippen LogP contribution in [0.5, 0.6) is 17.2 Å². The van der Waals surface area contributed by atoms with Gasteiger partial charge in [-0.15, -0.1) is 0 Å². The molecule has 0 saturated heterocycles. The Morgan fingerprint density at radius 1 is 1.00 bits per heavy atom. The van der Waals surface area contributed by atoms with Gasteiger partial charge in [-0.3, -0.25) is 0 Å². The van der Waals surface area contributed by atoms with Crippen LogP contribution in [0, 0.1) is 0 Å². The van der Waals surface area contributed by atoms with E-state index in [0.717, 1.165) is 28.6 Å². The maximum atomic E-state index is 5.82. The molecule has 1 heterocycles. The summed E-state index contributed by atoms with van der Waals surface area (Å²) >= 11 is 0. The quantitative estimate of drug-likeness (QED) is 0.820.